The molecule has 0 radical (unpaired) electrons. The Labute approximate surface area is 185 Å². The summed E-state index contributed by atoms with van der Waals surface area (Å²) < 4.78 is 38.0. The van der Waals surface area contributed by atoms with Crippen LogP contribution in [0, 0.1) is 11.6 Å². The van der Waals surface area contributed by atoms with Crippen molar-refractivity contribution >= 4 is 34.6 Å². The molecule has 0 aliphatic carbocycles. The summed E-state index contributed by atoms with van der Waals surface area (Å²) in [7, 11) is 2.64. The molecule has 1 amide bonds. The third kappa shape index (κ3) is 3.80. The van der Waals surface area contributed by atoms with Crippen molar-refractivity contribution in [2.45, 2.75) is 0 Å². The zero-order chi connectivity index (χ0) is 23.0. The van der Waals surface area contributed by atoms with Crippen molar-refractivity contribution in [3.05, 3.63) is 76.4 Å². The highest BCUT2D eigenvalue weighted by Crippen LogP contribution is 2.38. The third-order valence-electron chi connectivity index (χ3n) is 4.83. The smallest absolute Gasteiger partial charge is 0.337 e. The van der Waals surface area contributed by atoms with Gasteiger partial charge in [-0.15, -0.1) is 0 Å². The lowest BCUT2D eigenvalue weighted by atomic mass is 10.0. The predicted molar refractivity (Wildman–Crippen MR) is 115 cm³/mol. The molecule has 32 heavy (non-hydrogen) atoms. The number of furan rings is 1. The van der Waals surface area contributed by atoms with Crippen LogP contribution in [0.5, 0.6) is 0 Å². The summed E-state index contributed by atoms with van der Waals surface area (Å²) >= 11 is 6.34. The van der Waals surface area contributed by atoms with E-state index in [2.05, 4.69) is 15.0 Å². The maximum atomic E-state index is 14.2. The Balaban J connectivity index is 1.97. The first kappa shape index (κ1) is 21.5. The van der Waals surface area contributed by atoms with Gasteiger partial charge < -0.3 is 14.5 Å². The monoisotopic (exact) mass is 456 g/mol. The first-order valence-corrected chi connectivity index (χ1v) is 9.70. The standard InChI is InChI=1S/C23H15ClF2N2O4/c1-27-21(29)18-17-10-16(12-7-13(23(30)31-2)9-15(26)8-12)20(24)28-22(17)32-19(18)11-3-5-14(25)6-4-11/h3-10H,1-2H3,(H,27,29). The number of pyridine rings is 1. The van der Waals surface area contributed by atoms with Crippen molar-refractivity contribution in [2.24, 2.45) is 0 Å². The maximum absolute atomic E-state index is 14.2. The fourth-order valence-corrected chi connectivity index (χ4v) is 3.58. The lowest BCUT2D eigenvalue weighted by Crippen LogP contribution is -2.18. The lowest BCUT2D eigenvalue weighted by molar-refractivity contribution is 0.0600. The van der Waals surface area contributed by atoms with Gasteiger partial charge in [0.1, 0.15) is 22.5 Å². The second-order valence-corrected chi connectivity index (χ2v) is 7.15. The van der Waals surface area contributed by atoms with Gasteiger partial charge >= 0.3 is 5.97 Å². The Hall–Kier alpha value is -3.78. The molecule has 0 fully saturated rings. The number of methoxy groups -OCH3 is 1. The normalized spacial score (nSPS) is 10.9. The number of ether oxygens (including phenoxy) is 1. The fourth-order valence-electron chi connectivity index (χ4n) is 3.34. The second-order valence-electron chi connectivity index (χ2n) is 6.79. The Morgan fingerprint density at radius 3 is 2.41 bits per heavy atom. The summed E-state index contributed by atoms with van der Waals surface area (Å²) in [6.45, 7) is 0. The highest BCUT2D eigenvalue weighted by atomic mass is 35.5. The number of amides is 1. The molecule has 6 nitrogen and oxygen atoms in total. The molecule has 2 heterocycles. The minimum absolute atomic E-state index is 0.00983. The molecule has 9 heteroatoms. The fraction of sp³-hybridized carbons (Fsp3) is 0.0870. The zero-order valence-electron chi connectivity index (χ0n) is 16.8. The molecule has 4 aromatic rings. The third-order valence-corrected chi connectivity index (χ3v) is 5.11. The van der Waals surface area contributed by atoms with Gasteiger partial charge in [-0.1, -0.05) is 11.6 Å². The molecule has 0 bridgehead atoms. The summed E-state index contributed by atoms with van der Waals surface area (Å²) in [5.41, 5.74) is 1.21. The van der Waals surface area contributed by atoms with E-state index in [0.717, 1.165) is 6.07 Å². The van der Waals surface area contributed by atoms with Crippen molar-refractivity contribution in [1.29, 1.82) is 0 Å². The van der Waals surface area contributed by atoms with Crippen molar-refractivity contribution in [3.8, 4) is 22.5 Å². The Bertz CT molecular complexity index is 1370. The van der Waals surface area contributed by atoms with Crippen molar-refractivity contribution in [2.75, 3.05) is 14.2 Å². The Morgan fingerprint density at radius 1 is 1.03 bits per heavy atom. The Morgan fingerprint density at radius 2 is 1.75 bits per heavy atom. The van der Waals surface area contributed by atoms with Crippen LogP contribution in [-0.2, 0) is 4.74 Å². The van der Waals surface area contributed by atoms with E-state index in [1.807, 2.05) is 0 Å². The maximum Gasteiger partial charge on any atom is 0.337 e. The van der Waals surface area contributed by atoms with E-state index in [0.29, 0.717) is 10.9 Å². The minimum atomic E-state index is -0.719. The van der Waals surface area contributed by atoms with Crippen LogP contribution in [0.4, 0.5) is 8.78 Å². The van der Waals surface area contributed by atoms with Gasteiger partial charge in [0, 0.05) is 18.2 Å². The summed E-state index contributed by atoms with van der Waals surface area (Å²) in [4.78, 5) is 28.8. The molecular formula is C23H15ClF2N2O4. The van der Waals surface area contributed by atoms with E-state index in [9.17, 15) is 18.4 Å². The zero-order valence-corrected chi connectivity index (χ0v) is 17.6. The van der Waals surface area contributed by atoms with Crippen molar-refractivity contribution < 1.29 is 27.5 Å². The molecule has 0 aliphatic rings. The lowest BCUT2D eigenvalue weighted by Gasteiger charge is -2.07. The topological polar surface area (TPSA) is 81.4 Å². The molecule has 0 unspecified atom stereocenters. The molecule has 162 valence electrons. The van der Waals surface area contributed by atoms with E-state index < -0.39 is 23.5 Å². The van der Waals surface area contributed by atoms with Crippen LogP contribution in [0.25, 0.3) is 33.6 Å². The molecule has 2 aromatic carbocycles. The van der Waals surface area contributed by atoms with Gasteiger partial charge in [-0.3, -0.25) is 4.79 Å². The van der Waals surface area contributed by atoms with Gasteiger partial charge in [0.15, 0.2) is 0 Å². The van der Waals surface area contributed by atoms with Gasteiger partial charge in [0.2, 0.25) is 5.71 Å². The van der Waals surface area contributed by atoms with Crippen LogP contribution in [0.15, 0.2) is 52.9 Å². The van der Waals surface area contributed by atoms with Crippen LogP contribution < -0.4 is 5.32 Å². The van der Waals surface area contributed by atoms with Gasteiger partial charge in [-0.25, -0.2) is 18.6 Å². The quantitative estimate of drug-likeness (QED) is 0.335. The SMILES string of the molecule is CNC(=O)c1c(-c2ccc(F)cc2)oc2nc(Cl)c(-c3cc(F)cc(C(=O)OC)c3)cc12. The van der Waals surface area contributed by atoms with Crippen LogP contribution in [-0.4, -0.2) is 31.0 Å². The van der Waals surface area contributed by atoms with Crippen LogP contribution in [0.3, 0.4) is 0 Å². The number of esters is 1. The number of nitrogens with one attached hydrogen (secondary N) is 1. The van der Waals surface area contributed by atoms with E-state index >= 15 is 0 Å². The first-order valence-electron chi connectivity index (χ1n) is 9.32. The number of halogens is 3. The number of benzene rings is 2. The number of carbonyl (C=O) groups is 2. The molecule has 2 aromatic heterocycles. The van der Waals surface area contributed by atoms with Crippen LogP contribution >= 0.6 is 11.6 Å². The molecule has 1 N–H and O–H groups in total. The van der Waals surface area contributed by atoms with E-state index in [-0.39, 0.29) is 38.9 Å². The summed E-state index contributed by atoms with van der Waals surface area (Å²) in [6.07, 6.45) is 0. The van der Waals surface area contributed by atoms with E-state index in [1.54, 1.807) is 0 Å². The highest BCUT2D eigenvalue weighted by molar-refractivity contribution is 6.32. The summed E-state index contributed by atoms with van der Waals surface area (Å²) in [5.74, 6) is -2.13. The number of aromatic nitrogens is 1. The summed E-state index contributed by atoms with van der Waals surface area (Å²) in [5, 5.41) is 2.83. The predicted octanol–water partition coefficient (Wildman–Crippen LogP) is 5.24. The summed E-state index contributed by atoms with van der Waals surface area (Å²) in [6, 6.07) is 10.6. The van der Waals surface area contributed by atoms with Gasteiger partial charge in [-0.05, 0) is 54.1 Å². The van der Waals surface area contributed by atoms with Crippen molar-refractivity contribution in [1.82, 2.24) is 10.3 Å². The highest BCUT2D eigenvalue weighted by Gasteiger charge is 2.24. The minimum Gasteiger partial charge on any atom is -0.465 e. The molecule has 0 aliphatic heterocycles. The number of nitrogens with zero attached hydrogens (tertiary/aromatic N) is 1. The molecule has 4 rings (SSSR count). The number of hydrogen-bond donors (Lipinski definition) is 1. The second kappa shape index (κ2) is 8.39. The van der Waals surface area contributed by atoms with Crippen molar-refractivity contribution in [3.63, 3.8) is 0 Å². The van der Waals surface area contributed by atoms with Gasteiger partial charge in [-0.2, -0.15) is 0 Å². The van der Waals surface area contributed by atoms with Gasteiger partial charge in [0.05, 0.1) is 23.6 Å². The number of hydrogen-bond acceptors (Lipinski definition) is 5. The first-order chi connectivity index (χ1) is 15.3. The number of fused-ring (bicyclic) bond motifs is 1. The van der Waals surface area contributed by atoms with Gasteiger partial charge in [0.25, 0.3) is 5.91 Å². The molecule has 0 saturated heterocycles. The molecule has 0 atom stereocenters. The van der Waals surface area contributed by atoms with Crippen LogP contribution in [0.2, 0.25) is 5.15 Å². The van der Waals surface area contributed by atoms with Crippen LogP contribution in [0.1, 0.15) is 20.7 Å². The average molecular weight is 457 g/mol. The molecular weight excluding hydrogens is 442 g/mol. The molecule has 0 spiro atoms. The largest absolute Gasteiger partial charge is 0.465 e. The van der Waals surface area contributed by atoms with E-state index in [4.69, 9.17) is 16.0 Å². The molecule has 0 saturated carbocycles. The van der Waals surface area contributed by atoms with E-state index in [1.165, 1.54) is 56.6 Å². The number of carbonyl (C=O) groups excluding carboxylic acids is 2. The average Bonchev–Trinajstić information content (AvgIpc) is 3.15. The Kier molecular flexibility index (Phi) is 5.63. The number of rotatable bonds is 4.